The number of nitrogens with zero attached hydrogens (tertiary/aromatic N) is 4. The summed E-state index contributed by atoms with van der Waals surface area (Å²) in [6.45, 7) is 7.79. The van der Waals surface area contributed by atoms with Crippen molar-refractivity contribution in [2.45, 2.75) is 64.1 Å². The van der Waals surface area contributed by atoms with Gasteiger partial charge in [0.05, 0.1) is 11.6 Å². The molecule has 1 aromatic heterocycles. The van der Waals surface area contributed by atoms with E-state index < -0.39 is 0 Å². The molecule has 3 saturated heterocycles. The molecule has 3 aliphatic heterocycles. The Labute approximate surface area is 283 Å². The number of ketones is 1. The fourth-order valence-electron chi connectivity index (χ4n) is 7.55. The van der Waals surface area contributed by atoms with Crippen LogP contribution in [-0.4, -0.2) is 66.8 Å². The molecule has 3 aliphatic rings. The predicted molar refractivity (Wildman–Crippen MR) is 188 cm³/mol. The number of hydrogen-bond donors (Lipinski definition) is 1. The number of rotatable bonds is 10. The number of piperidine rings is 2. The maximum atomic E-state index is 13.3. The van der Waals surface area contributed by atoms with Crippen molar-refractivity contribution in [3.05, 3.63) is 101 Å². The van der Waals surface area contributed by atoms with Gasteiger partial charge in [-0.05, 0) is 111 Å². The third-order valence-corrected chi connectivity index (χ3v) is 10.5. The standard InChI is InChI=1S/C40H45N5O3/c41-26-29-3-5-30(6-4-29)27-44-21-15-35(16-22-44)42-40(47)39-25-34-23-32(9-12-38(34)48-39)24-37(46)33-13-19-43(20-14-33)28-31-7-10-36(11-8-31)45-17-1-2-18-45/h3-12,23,25,33,35H,1-2,13-22,24,27-28H2,(H,42,47). The van der Waals surface area contributed by atoms with Crippen LogP contribution in [0.15, 0.2) is 77.2 Å². The second-order valence-corrected chi connectivity index (χ2v) is 13.9. The minimum Gasteiger partial charge on any atom is -0.451 e. The van der Waals surface area contributed by atoms with Crippen LogP contribution >= 0.6 is 0 Å². The molecule has 0 bridgehead atoms. The molecule has 8 heteroatoms. The Morgan fingerprint density at radius 3 is 2.00 bits per heavy atom. The largest absolute Gasteiger partial charge is 0.451 e. The lowest BCUT2D eigenvalue weighted by molar-refractivity contribution is -0.123. The topological polar surface area (TPSA) is 92.8 Å². The molecule has 3 fully saturated rings. The summed E-state index contributed by atoms with van der Waals surface area (Å²) in [5, 5.41) is 13.0. The number of fused-ring (bicyclic) bond motifs is 1. The molecule has 0 unspecified atom stereocenters. The van der Waals surface area contributed by atoms with Crippen molar-refractivity contribution < 1.29 is 14.0 Å². The number of likely N-dealkylation sites (tertiary alicyclic amines) is 2. The summed E-state index contributed by atoms with van der Waals surface area (Å²) in [5.41, 5.74) is 6.16. The van der Waals surface area contributed by atoms with Crippen LogP contribution in [0.25, 0.3) is 11.0 Å². The number of carbonyl (C=O) groups is 2. The number of amides is 1. The number of benzene rings is 3. The molecule has 0 spiro atoms. The Bertz CT molecular complexity index is 1750. The van der Waals surface area contributed by atoms with Crippen LogP contribution in [0.4, 0.5) is 5.69 Å². The van der Waals surface area contributed by atoms with Crippen molar-refractivity contribution in [3.63, 3.8) is 0 Å². The molecule has 8 nitrogen and oxygen atoms in total. The summed E-state index contributed by atoms with van der Waals surface area (Å²) in [6.07, 6.45) is 6.54. The Morgan fingerprint density at radius 2 is 1.35 bits per heavy atom. The third kappa shape index (κ3) is 7.81. The number of nitriles is 1. The van der Waals surface area contributed by atoms with Gasteiger partial charge in [0, 0.05) is 68.7 Å². The van der Waals surface area contributed by atoms with E-state index >= 15 is 0 Å². The first-order valence-electron chi connectivity index (χ1n) is 17.6. The van der Waals surface area contributed by atoms with Gasteiger partial charge in [-0.1, -0.05) is 30.3 Å². The van der Waals surface area contributed by atoms with Crippen LogP contribution in [0, 0.1) is 17.2 Å². The minimum atomic E-state index is -0.191. The summed E-state index contributed by atoms with van der Waals surface area (Å²) in [5.74, 6) is 0.516. The third-order valence-electron chi connectivity index (χ3n) is 10.5. The van der Waals surface area contributed by atoms with Crippen molar-refractivity contribution in [2.24, 2.45) is 5.92 Å². The molecule has 0 aliphatic carbocycles. The highest BCUT2D eigenvalue weighted by Gasteiger charge is 2.26. The lowest BCUT2D eigenvalue weighted by atomic mass is 9.89. The molecule has 4 heterocycles. The van der Waals surface area contributed by atoms with Crippen molar-refractivity contribution >= 4 is 28.3 Å². The normalized spacial score (nSPS) is 18.3. The molecule has 0 radical (unpaired) electrons. The second-order valence-electron chi connectivity index (χ2n) is 13.9. The molecule has 4 aromatic rings. The Morgan fingerprint density at radius 1 is 0.750 bits per heavy atom. The van der Waals surface area contributed by atoms with E-state index in [9.17, 15) is 9.59 Å². The quantitative estimate of drug-likeness (QED) is 0.216. The molecule has 0 saturated carbocycles. The first kappa shape index (κ1) is 32.1. The van der Waals surface area contributed by atoms with E-state index in [4.69, 9.17) is 9.68 Å². The van der Waals surface area contributed by atoms with E-state index in [1.54, 1.807) is 6.07 Å². The van der Waals surface area contributed by atoms with Crippen molar-refractivity contribution in [1.29, 1.82) is 5.26 Å². The second kappa shape index (κ2) is 14.8. The zero-order valence-electron chi connectivity index (χ0n) is 27.7. The molecule has 1 N–H and O–H groups in total. The summed E-state index contributed by atoms with van der Waals surface area (Å²) < 4.78 is 5.92. The van der Waals surface area contributed by atoms with Gasteiger partial charge in [-0.25, -0.2) is 0 Å². The van der Waals surface area contributed by atoms with Gasteiger partial charge in [0.1, 0.15) is 11.4 Å². The molecule has 0 atom stereocenters. The Hall–Kier alpha value is -4.45. The fourth-order valence-corrected chi connectivity index (χ4v) is 7.55. The van der Waals surface area contributed by atoms with Gasteiger partial charge < -0.3 is 14.6 Å². The molecule has 248 valence electrons. The van der Waals surface area contributed by atoms with E-state index in [-0.39, 0.29) is 17.9 Å². The van der Waals surface area contributed by atoms with Gasteiger partial charge >= 0.3 is 0 Å². The summed E-state index contributed by atoms with van der Waals surface area (Å²) in [4.78, 5) is 33.7. The van der Waals surface area contributed by atoms with Gasteiger partial charge in [-0.15, -0.1) is 0 Å². The summed E-state index contributed by atoms with van der Waals surface area (Å²) in [7, 11) is 0. The zero-order chi connectivity index (χ0) is 32.9. The first-order valence-corrected chi connectivity index (χ1v) is 17.6. The van der Waals surface area contributed by atoms with E-state index in [0.717, 1.165) is 75.9 Å². The van der Waals surface area contributed by atoms with E-state index in [0.29, 0.717) is 29.1 Å². The van der Waals surface area contributed by atoms with Gasteiger partial charge in [-0.2, -0.15) is 5.26 Å². The zero-order valence-corrected chi connectivity index (χ0v) is 27.7. The Balaban J connectivity index is 0.858. The monoisotopic (exact) mass is 643 g/mol. The molecule has 3 aromatic carbocycles. The molecule has 7 rings (SSSR count). The van der Waals surface area contributed by atoms with Gasteiger partial charge in [0.25, 0.3) is 5.91 Å². The Kier molecular flexibility index (Phi) is 9.87. The van der Waals surface area contributed by atoms with Crippen molar-refractivity contribution in [2.75, 3.05) is 44.2 Å². The molecular formula is C40H45N5O3. The lowest BCUT2D eigenvalue weighted by Gasteiger charge is -2.32. The summed E-state index contributed by atoms with van der Waals surface area (Å²) >= 11 is 0. The highest BCUT2D eigenvalue weighted by atomic mass is 16.3. The average Bonchev–Trinajstić information content (AvgIpc) is 3.81. The number of furan rings is 1. The summed E-state index contributed by atoms with van der Waals surface area (Å²) in [6, 6.07) is 26.7. The lowest BCUT2D eigenvalue weighted by Crippen LogP contribution is -2.44. The van der Waals surface area contributed by atoms with E-state index in [2.05, 4.69) is 50.4 Å². The highest BCUT2D eigenvalue weighted by molar-refractivity contribution is 5.96. The number of nitrogens with one attached hydrogen (secondary N) is 1. The SMILES string of the molecule is N#Cc1ccc(CN2CCC(NC(=O)c3cc4cc(CC(=O)C5CCN(Cc6ccc(N7CCCC7)cc6)CC5)ccc4o3)CC2)cc1. The number of hydrogen-bond acceptors (Lipinski definition) is 7. The first-order chi connectivity index (χ1) is 23.5. The van der Waals surface area contributed by atoms with Crippen LogP contribution in [0.5, 0.6) is 0 Å². The number of Topliss-reactive ketones (excluding diaryl/α,β-unsaturated/α-hetero) is 1. The maximum absolute atomic E-state index is 13.3. The predicted octanol–water partition coefficient (Wildman–Crippen LogP) is 6.32. The smallest absolute Gasteiger partial charge is 0.287 e. The van der Waals surface area contributed by atoms with Gasteiger partial charge in [0.15, 0.2) is 5.76 Å². The van der Waals surface area contributed by atoms with Crippen LogP contribution in [-0.2, 0) is 24.3 Å². The number of carbonyl (C=O) groups excluding carboxylic acids is 2. The average molecular weight is 644 g/mol. The van der Waals surface area contributed by atoms with E-state index in [1.165, 1.54) is 42.7 Å². The maximum Gasteiger partial charge on any atom is 0.287 e. The molecule has 48 heavy (non-hydrogen) atoms. The van der Waals surface area contributed by atoms with Crippen LogP contribution in [0.3, 0.4) is 0 Å². The molecular weight excluding hydrogens is 598 g/mol. The van der Waals surface area contributed by atoms with Gasteiger partial charge in [-0.3, -0.25) is 19.4 Å². The highest BCUT2D eigenvalue weighted by Crippen LogP contribution is 2.26. The van der Waals surface area contributed by atoms with Crippen molar-refractivity contribution in [3.8, 4) is 6.07 Å². The minimum absolute atomic E-state index is 0.0932. The number of anilines is 1. The van der Waals surface area contributed by atoms with Crippen LogP contribution in [0.2, 0.25) is 0 Å². The molecule has 1 amide bonds. The van der Waals surface area contributed by atoms with Crippen LogP contribution in [0.1, 0.15) is 71.3 Å². The van der Waals surface area contributed by atoms with Crippen molar-refractivity contribution in [1.82, 2.24) is 15.1 Å². The van der Waals surface area contributed by atoms with Crippen LogP contribution < -0.4 is 10.2 Å². The fraction of sp³-hybridized carbons (Fsp3) is 0.425. The van der Waals surface area contributed by atoms with E-state index in [1.807, 2.05) is 42.5 Å². The van der Waals surface area contributed by atoms with Gasteiger partial charge in [0.2, 0.25) is 0 Å².